The summed E-state index contributed by atoms with van der Waals surface area (Å²) in [5.74, 6) is -1.25. The zero-order chi connectivity index (χ0) is 23.8. The fourth-order valence-electron chi connectivity index (χ4n) is 3.06. The molecule has 0 saturated heterocycles. The molecule has 168 valence electrons. The number of halogens is 1. The van der Waals surface area contributed by atoms with Gasteiger partial charge in [0.25, 0.3) is 5.91 Å². The summed E-state index contributed by atoms with van der Waals surface area (Å²) < 4.78 is 19.9. The largest absolute Gasteiger partial charge is 0.452 e. The van der Waals surface area contributed by atoms with Gasteiger partial charge in [-0.1, -0.05) is 12.1 Å². The van der Waals surface area contributed by atoms with Gasteiger partial charge in [-0.15, -0.1) is 11.8 Å². The van der Waals surface area contributed by atoms with Gasteiger partial charge in [-0.25, -0.2) is 13.9 Å². The van der Waals surface area contributed by atoms with Gasteiger partial charge in [-0.05, 0) is 56.3 Å². The van der Waals surface area contributed by atoms with Crippen molar-refractivity contribution in [1.29, 1.82) is 5.26 Å². The Bertz CT molecular complexity index is 1230. The average Bonchev–Trinajstić information content (AvgIpc) is 3.09. The Balaban J connectivity index is 1.59. The third-order valence-electron chi connectivity index (χ3n) is 4.60. The molecule has 1 heterocycles. The Kier molecular flexibility index (Phi) is 8.00. The molecule has 0 bridgehead atoms. The number of thioether (sulfide) groups is 1. The number of hydrogen-bond acceptors (Lipinski definition) is 6. The Morgan fingerprint density at radius 3 is 2.67 bits per heavy atom. The lowest BCUT2D eigenvalue weighted by molar-refractivity contribution is -0.142. The average molecular weight is 465 g/mol. The van der Waals surface area contributed by atoms with Crippen LogP contribution in [0, 0.1) is 31.0 Å². The molecule has 0 unspecified atom stereocenters. The number of benzene rings is 2. The lowest BCUT2D eigenvalue weighted by atomic mass is 10.2. The molecule has 1 N–H and O–H groups in total. The Morgan fingerprint density at radius 2 is 1.94 bits per heavy atom. The van der Waals surface area contributed by atoms with Crippen LogP contribution in [0.3, 0.4) is 0 Å². The van der Waals surface area contributed by atoms with E-state index in [2.05, 4.69) is 10.4 Å². The summed E-state index contributed by atoms with van der Waals surface area (Å²) in [6.45, 7) is 3.18. The van der Waals surface area contributed by atoms with Crippen molar-refractivity contribution in [2.45, 2.75) is 18.7 Å². The highest BCUT2D eigenvalue weighted by atomic mass is 32.2. The highest BCUT2D eigenvalue weighted by Crippen LogP contribution is 2.26. The molecule has 0 aliphatic carbocycles. The number of carbonyl (C=O) groups is 2. The van der Waals surface area contributed by atoms with Gasteiger partial charge in [-0.2, -0.15) is 10.4 Å². The van der Waals surface area contributed by atoms with Crippen LogP contribution in [0.2, 0.25) is 0 Å². The highest BCUT2D eigenvalue weighted by Gasteiger charge is 2.12. The molecule has 0 aliphatic heterocycles. The van der Waals surface area contributed by atoms with Gasteiger partial charge in [-0.3, -0.25) is 4.79 Å². The molecule has 1 aromatic heterocycles. The molecule has 9 heteroatoms. The molecule has 0 saturated carbocycles. The number of ether oxygens (including phenoxy) is 1. The van der Waals surface area contributed by atoms with E-state index in [9.17, 15) is 14.0 Å². The summed E-state index contributed by atoms with van der Waals surface area (Å²) in [5, 5.41) is 15.9. The molecular weight excluding hydrogens is 443 g/mol. The maximum Gasteiger partial charge on any atom is 0.331 e. The van der Waals surface area contributed by atoms with Gasteiger partial charge >= 0.3 is 5.97 Å². The van der Waals surface area contributed by atoms with E-state index in [4.69, 9.17) is 10.00 Å². The molecule has 33 heavy (non-hydrogen) atoms. The van der Waals surface area contributed by atoms with Gasteiger partial charge in [0.15, 0.2) is 6.61 Å². The van der Waals surface area contributed by atoms with E-state index in [1.807, 2.05) is 19.1 Å². The van der Waals surface area contributed by atoms with E-state index >= 15 is 0 Å². The van der Waals surface area contributed by atoms with Gasteiger partial charge < -0.3 is 10.1 Å². The maximum absolute atomic E-state index is 13.2. The standard InChI is InChI=1S/C24H21FN4O3S/c1-16-20(17(2)29(28-16)19-9-7-18(25)8-10-19)11-12-24(31)32-15-23(30)27-21-5-3-4-6-22(21)33-14-13-26/h3-12H,14-15H2,1-2H3,(H,27,30)/b12-11+. The molecule has 2 aromatic carbocycles. The number of carbonyl (C=O) groups excluding carboxylic acids is 2. The number of anilines is 1. The van der Waals surface area contributed by atoms with Gasteiger partial charge in [0, 0.05) is 22.2 Å². The molecule has 7 nitrogen and oxygen atoms in total. The molecule has 3 rings (SSSR count). The fraction of sp³-hybridized carbons (Fsp3) is 0.167. The highest BCUT2D eigenvalue weighted by molar-refractivity contribution is 7.99. The van der Waals surface area contributed by atoms with Crippen molar-refractivity contribution in [3.05, 3.63) is 77.4 Å². The number of para-hydroxylation sites is 1. The minimum absolute atomic E-state index is 0.253. The van der Waals surface area contributed by atoms with Crippen molar-refractivity contribution in [2.24, 2.45) is 0 Å². The molecule has 0 fully saturated rings. The summed E-state index contributed by atoms with van der Waals surface area (Å²) in [6.07, 6.45) is 2.81. The van der Waals surface area contributed by atoms with Crippen molar-refractivity contribution in [1.82, 2.24) is 9.78 Å². The molecule has 0 spiro atoms. The summed E-state index contributed by atoms with van der Waals surface area (Å²) in [6, 6.07) is 15.1. The summed E-state index contributed by atoms with van der Waals surface area (Å²) >= 11 is 1.30. The van der Waals surface area contributed by atoms with Crippen LogP contribution in [0.4, 0.5) is 10.1 Å². The smallest absolute Gasteiger partial charge is 0.331 e. The minimum Gasteiger partial charge on any atom is -0.452 e. The summed E-state index contributed by atoms with van der Waals surface area (Å²) in [7, 11) is 0. The molecule has 0 radical (unpaired) electrons. The Morgan fingerprint density at radius 1 is 1.21 bits per heavy atom. The predicted octanol–water partition coefficient (Wildman–Crippen LogP) is 4.44. The van der Waals surface area contributed by atoms with Crippen LogP contribution < -0.4 is 5.32 Å². The number of aryl methyl sites for hydroxylation is 1. The number of nitrogens with zero attached hydrogens (tertiary/aromatic N) is 3. The van der Waals surface area contributed by atoms with Crippen LogP contribution in [0.1, 0.15) is 17.0 Å². The van der Waals surface area contributed by atoms with Gasteiger partial charge in [0.2, 0.25) is 0 Å². The summed E-state index contributed by atoms with van der Waals surface area (Å²) in [5.41, 5.74) is 3.43. The van der Waals surface area contributed by atoms with Gasteiger partial charge in [0.1, 0.15) is 5.82 Å². The van der Waals surface area contributed by atoms with E-state index in [1.54, 1.807) is 48.0 Å². The topological polar surface area (TPSA) is 97.0 Å². The Hall–Kier alpha value is -3.90. The second-order valence-electron chi connectivity index (χ2n) is 6.90. The first kappa shape index (κ1) is 23.8. The van der Waals surface area contributed by atoms with E-state index in [-0.39, 0.29) is 11.6 Å². The van der Waals surface area contributed by atoms with Crippen molar-refractivity contribution in [2.75, 3.05) is 17.7 Å². The maximum atomic E-state index is 13.2. The number of rotatable bonds is 8. The lowest BCUT2D eigenvalue weighted by Gasteiger charge is -2.09. The third-order valence-corrected chi connectivity index (χ3v) is 5.54. The zero-order valence-corrected chi connectivity index (χ0v) is 18.9. The molecule has 1 amide bonds. The summed E-state index contributed by atoms with van der Waals surface area (Å²) in [4.78, 5) is 25.1. The van der Waals surface area contributed by atoms with Crippen LogP contribution in [-0.4, -0.2) is 34.0 Å². The predicted molar refractivity (Wildman–Crippen MR) is 124 cm³/mol. The van der Waals surface area contributed by atoms with Crippen molar-refractivity contribution >= 4 is 35.4 Å². The molecule has 0 aliphatic rings. The third kappa shape index (κ3) is 6.30. The van der Waals surface area contributed by atoms with E-state index < -0.39 is 18.5 Å². The first-order valence-electron chi connectivity index (χ1n) is 9.94. The van der Waals surface area contributed by atoms with Gasteiger partial charge in [0.05, 0.1) is 28.9 Å². The van der Waals surface area contributed by atoms with E-state index in [1.165, 1.54) is 30.0 Å². The number of aromatic nitrogens is 2. The lowest BCUT2D eigenvalue weighted by Crippen LogP contribution is -2.20. The zero-order valence-electron chi connectivity index (χ0n) is 18.0. The number of amides is 1. The minimum atomic E-state index is -0.675. The van der Waals surface area contributed by atoms with E-state index in [0.717, 1.165) is 16.2 Å². The first-order chi connectivity index (χ1) is 15.9. The molecule has 0 atom stereocenters. The fourth-order valence-corrected chi connectivity index (χ4v) is 3.73. The van der Waals surface area contributed by atoms with Crippen LogP contribution in [0.15, 0.2) is 59.5 Å². The monoisotopic (exact) mass is 464 g/mol. The molecular formula is C24H21FN4O3S. The number of nitriles is 1. The second kappa shape index (κ2) is 11.1. The van der Waals surface area contributed by atoms with Crippen LogP contribution >= 0.6 is 11.8 Å². The van der Waals surface area contributed by atoms with Crippen molar-refractivity contribution in [3.8, 4) is 11.8 Å². The second-order valence-corrected chi connectivity index (χ2v) is 7.92. The van der Waals surface area contributed by atoms with Crippen LogP contribution in [0.5, 0.6) is 0 Å². The Labute approximate surface area is 194 Å². The SMILES string of the molecule is Cc1nn(-c2ccc(F)cc2)c(C)c1/C=C/C(=O)OCC(=O)Nc1ccccc1SCC#N. The van der Waals surface area contributed by atoms with Crippen LogP contribution in [-0.2, 0) is 14.3 Å². The normalized spacial score (nSPS) is 10.7. The molecule has 3 aromatic rings. The number of hydrogen-bond donors (Lipinski definition) is 1. The van der Waals surface area contributed by atoms with E-state index in [0.29, 0.717) is 17.1 Å². The quantitative estimate of drug-likeness (QED) is 0.301. The van der Waals surface area contributed by atoms with Crippen LogP contribution in [0.25, 0.3) is 11.8 Å². The van der Waals surface area contributed by atoms with Crippen molar-refractivity contribution < 1.29 is 18.7 Å². The number of nitrogens with one attached hydrogen (secondary N) is 1. The number of esters is 1. The van der Waals surface area contributed by atoms with Crippen molar-refractivity contribution in [3.63, 3.8) is 0 Å². The first-order valence-corrected chi connectivity index (χ1v) is 10.9.